The van der Waals surface area contributed by atoms with Crippen molar-refractivity contribution in [3.05, 3.63) is 11.8 Å². The summed E-state index contributed by atoms with van der Waals surface area (Å²) in [5.74, 6) is 0. The van der Waals surface area contributed by atoms with E-state index in [1.165, 1.54) is 5.70 Å². The quantitative estimate of drug-likeness (QED) is 0.644. The van der Waals surface area contributed by atoms with Crippen LogP contribution in [0.5, 0.6) is 0 Å². The molecule has 0 aromatic heterocycles. The molecule has 0 saturated heterocycles. The maximum atomic E-state index is 3.33. The minimum absolute atomic E-state index is 0.446. The van der Waals surface area contributed by atoms with Gasteiger partial charge < -0.3 is 10.6 Å². The molecule has 2 heteroatoms. The van der Waals surface area contributed by atoms with E-state index >= 15 is 0 Å². The molecule has 2 nitrogen and oxygen atoms in total. The summed E-state index contributed by atoms with van der Waals surface area (Å²) >= 11 is 0. The molecule has 0 amide bonds. The number of likely N-dealkylation sites (N-methyl/N-ethyl adjacent to an activating group) is 1. The standard InChI is InChI=1S/C9H20N2/c1-7(2)11-9(4)6-8(3)10-5/h6-8,10-11H,1-5H3/b9-6-. The fraction of sp³-hybridized carbons (Fsp3) is 0.778. The van der Waals surface area contributed by atoms with Crippen LogP contribution in [0.3, 0.4) is 0 Å². The van der Waals surface area contributed by atoms with Crippen LogP contribution in [0.15, 0.2) is 11.8 Å². The second-order valence-electron chi connectivity index (χ2n) is 3.23. The van der Waals surface area contributed by atoms with Crippen LogP contribution in [-0.4, -0.2) is 19.1 Å². The SMILES string of the molecule is CNC(C)/C=C(/C)NC(C)C. The first-order valence-electron chi connectivity index (χ1n) is 4.18. The van der Waals surface area contributed by atoms with E-state index in [1.54, 1.807) is 0 Å². The third kappa shape index (κ3) is 5.92. The highest BCUT2D eigenvalue weighted by Gasteiger charge is 1.95. The Balaban J connectivity index is 3.79. The molecular weight excluding hydrogens is 136 g/mol. The van der Waals surface area contributed by atoms with Crippen molar-refractivity contribution in [2.45, 2.75) is 39.8 Å². The zero-order chi connectivity index (χ0) is 8.85. The van der Waals surface area contributed by atoms with Gasteiger partial charge in [-0.25, -0.2) is 0 Å². The molecule has 0 saturated carbocycles. The molecule has 0 fully saturated rings. The highest BCUT2D eigenvalue weighted by atomic mass is 14.9. The van der Waals surface area contributed by atoms with Crippen molar-refractivity contribution in [2.24, 2.45) is 0 Å². The van der Waals surface area contributed by atoms with E-state index < -0.39 is 0 Å². The summed E-state index contributed by atoms with van der Waals surface area (Å²) in [5, 5.41) is 6.48. The van der Waals surface area contributed by atoms with Crippen LogP contribution in [0, 0.1) is 0 Å². The van der Waals surface area contributed by atoms with Gasteiger partial charge in [0.25, 0.3) is 0 Å². The zero-order valence-corrected chi connectivity index (χ0v) is 8.23. The monoisotopic (exact) mass is 156 g/mol. The second kappa shape index (κ2) is 5.19. The van der Waals surface area contributed by atoms with Gasteiger partial charge in [0.1, 0.15) is 0 Å². The third-order valence-corrected chi connectivity index (χ3v) is 1.47. The van der Waals surface area contributed by atoms with Gasteiger partial charge in [0, 0.05) is 17.8 Å². The molecule has 0 rings (SSSR count). The summed E-state index contributed by atoms with van der Waals surface area (Å²) in [7, 11) is 1.96. The maximum Gasteiger partial charge on any atom is 0.0238 e. The molecule has 0 heterocycles. The number of hydrogen-bond donors (Lipinski definition) is 2. The lowest BCUT2D eigenvalue weighted by molar-refractivity contribution is 0.650. The molecule has 0 aliphatic carbocycles. The summed E-state index contributed by atoms with van der Waals surface area (Å²) in [6, 6.07) is 0.969. The summed E-state index contributed by atoms with van der Waals surface area (Å²) in [6.07, 6.45) is 2.18. The molecule has 2 N–H and O–H groups in total. The van der Waals surface area contributed by atoms with Crippen molar-refractivity contribution >= 4 is 0 Å². The topological polar surface area (TPSA) is 24.1 Å². The molecule has 1 atom stereocenters. The van der Waals surface area contributed by atoms with Crippen LogP contribution in [-0.2, 0) is 0 Å². The van der Waals surface area contributed by atoms with Crippen LogP contribution >= 0.6 is 0 Å². The predicted molar refractivity (Wildman–Crippen MR) is 50.6 cm³/mol. The van der Waals surface area contributed by atoms with Crippen LogP contribution in [0.25, 0.3) is 0 Å². The van der Waals surface area contributed by atoms with Gasteiger partial charge in [-0.1, -0.05) is 0 Å². The van der Waals surface area contributed by atoms with Gasteiger partial charge in [-0.2, -0.15) is 0 Å². The number of allylic oxidation sites excluding steroid dienone is 1. The summed E-state index contributed by atoms with van der Waals surface area (Å²) in [6.45, 7) is 8.50. The first kappa shape index (κ1) is 10.5. The predicted octanol–water partition coefficient (Wildman–Crippen LogP) is 1.50. The van der Waals surface area contributed by atoms with E-state index in [4.69, 9.17) is 0 Å². The van der Waals surface area contributed by atoms with Gasteiger partial charge in [0.15, 0.2) is 0 Å². The molecule has 11 heavy (non-hydrogen) atoms. The average molecular weight is 156 g/mol. The molecule has 0 spiro atoms. The molecule has 0 aliphatic heterocycles. The van der Waals surface area contributed by atoms with E-state index in [-0.39, 0.29) is 0 Å². The molecule has 0 aliphatic rings. The van der Waals surface area contributed by atoms with Gasteiger partial charge in [-0.3, -0.25) is 0 Å². The van der Waals surface area contributed by atoms with E-state index in [0.717, 1.165) is 0 Å². The lowest BCUT2D eigenvalue weighted by atomic mass is 10.2. The van der Waals surface area contributed by atoms with Crippen molar-refractivity contribution in [1.29, 1.82) is 0 Å². The van der Waals surface area contributed by atoms with Crippen molar-refractivity contribution in [1.82, 2.24) is 10.6 Å². The van der Waals surface area contributed by atoms with Crippen LogP contribution in [0.1, 0.15) is 27.7 Å². The Bertz CT molecular complexity index is 128. The van der Waals surface area contributed by atoms with Crippen molar-refractivity contribution in [3.8, 4) is 0 Å². The van der Waals surface area contributed by atoms with Crippen molar-refractivity contribution in [2.75, 3.05) is 7.05 Å². The molecule has 1 unspecified atom stereocenters. The maximum absolute atomic E-state index is 3.33. The lowest BCUT2D eigenvalue weighted by Gasteiger charge is -2.12. The first-order chi connectivity index (χ1) is 5.06. The van der Waals surface area contributed by atoms with E-state index in [9.17, 15) is 0 Å². The van der Waals surface area contributed by atoms with E-state index in [1.807, 2.05) is 7.05 Å². The molecule has 0 bridgehead atoms. The highest BCUT2D eigenvalue weighted by molar-refractivity contribution is 5.01. The van der Waals surface area contributed by atoms with E-state index in [2.05, 4.69) is 44.4 Å². The van der Waals surface area contributed by atoms with Gasteiger partial charge in [0.2, 0.25) is 0 Å². The number of rotatable bonds is 4. The Labute approximate surface area is 70.1 Å². The fourth-order valence-electron chi connectivity index (χ4n) is 0.962. The van der Waals surface area contributed by atoms with Crippen molar-refractivity contribution < 1.29 is 0 Å². The second-order valence-corrected chi connectivity index (χ2v) is 3.23. The number of hydrogen-bond acceptors (Lipinski definition) is 2. The molecule has 0 aromatic rings. The summed E-state index contributed by atoms with van der Waals surface area (Å²) < 4.78 is 0. The lowest BCUT2D eigenvalue weighted by Crippen LogP contribution is -2.24. The Morgan fingerprint density at radius 2 is 1.82 bits per heavy atom. The van der Waals surface area contributed by atoms with Gasteiger partial charge >= 0.3 is 0 Å². The molecule has 0 radical (unpaired) electrons. The zero-order valence-electron chi connectivity index (χ0n) is 8.23. The average Bonchev–Trinajstić information content (AvgIpc) is 1.85. The van der Waals surface area contributed by atoms with E-state index in [0.29, 0.717) is 12.1 Å². The smallest absolute Gasteiger partial charge is 0.0238 e. The number of nitrogens with one attached hydrogen (secondary N) is 2. The summed E-state index contributed by atoms with van der Waals surface area (Å²) in [5.41, 5.74) is 1.24. The fourth-order valence-corrected chi connectivity index (χ4v) is 0.962. The summed E-state index contributed by atoms with van der Waals surface area (Å²) in [4.78, 5) is 0. The Kier molecular flexibility index (Phi) is 4.95. The van der Waals surface area contributed by atoms with Crippen LogP contribution < -0.4 is 10.6 Å². The minimum Gasteiger partial charge on any atom is -0.387 e. The van der Waals surface area contributed by atoms with Crippen LogP contribution in [0.2, 0.25) is 0 Å². The van der Waals surface area contributed by atoms with Crippen LogP contribution in [0.4, 0.5) is 0 Å². The Morgan fingerprint density at radius 3 is 2.18 bits per heavy atom. The Hall–Kier alpha value is -0.500. The van der Waals surface area contributed by atoms with Gasteiger partial charge in [0.05, 0.1) is 0 Å². The molecule has 66 valence electrons. The van der Waals surface area contributed by atoms with Gasteiger partial charge in [-0.15, -0.1) is 0 Å². The normalized spacial score (nSPS) is 15.3. The Morgan fingerprint density at radius 1 is 1.27 bits per heavy atom. The highest BCUT2D eigenvalue weighted by Crippen LogP contribution is 1.93. The van der Waals surface area contributed by atoms with Gasteiger partial charge in [-0.05, 0) is 40.8 Å². The van der Waals surface area contributed by atoms with Crippen molar-refractivity contribution in [3.63, 3.8) is 0 Å². The third-order valence-electron chi connectivity index (χ3n) is 1.47. The molecule has 0 aromatic carbocycles. The first-order valence-corrected chi connectivity index (χ1v) is 4.18. The minimum atomic E-state index is 0.446. The molecular formula is C9H20N2. The largest absolute Gasteiger partial charge is 0.387 e.